The molecular weight excluding hydrogens is 334 g/mol. The van der Waals surface area contributed by atoms with Crippen molar-refractivity contribution in [2.45, 2.75) is 13.0 Å². The Morgan fingerprint density at radius 3 is 2.48 bits per heavy atom. The molecule has 21 heavy (non-hydrogen) atoms. The maximum absolute atomic E-state index is 11.6. The van der Waals surface area contributed by atoms with E-state index in [1.807, 2.05) is 37.3 Å². The molecule has 0 aromatic heterocycles. The van der Waals surface area contributed by atoms with Gasteiger partial charge < -0.3 is 15.2 Å². The van der Waals surface area contributed by atoms with Crippen LogP contribution >= 0.6 is 15.9 Å². The van der Waals surface area contributed by atoms with Gasteiger partial charge in [-0.3, -0.25) is 0 Å². The molecule has 0 saturated carbocycles. The van der Waals surface area contributed by atoms with Crippen molar-refractivity contribution in [1.29, 1.82) is 0 Å². The number of anilines is 1. The third-order valence-corrected chi connectivity index (χ3v) is 3.61. The lowest BCUT2D eigenvalue weighted by molar-refractivity contribution is -0.138. The van der Waals surface area contributed by atoms with Gasteiger partial charge in [-0.15, -0.1) is 0 Å². The molecular formula is C16H16BrNO3. The normalized spacial score (nSPS) is 11.8. The van der Waals surface area contributed by atoms with Crippen LogP contribution in [0.4, 0.5) is 5.69 Å². The number of rotatable bonds is 5. The Morgan fingerprint density at radius 1 is 1.24 bits per heavy atom. The predicted octanol–water partition coefficient (Wildman–Crippen LogP) is 4.00. The summed E-state index contributed by atoms with van der Waals surface area (Å²) in [6.45, 7) is 1.98. The van der Waals surface area contributed by atoms with Crippen LogP contribution in [0.2, 0.25) is 0 Å². The molecule has 1 atom stereocenters. The molecule has 2 rings (SSSR count). The molecule has 1 unspecified atom stereocenters. The summed E-state index contributed by atoms with van der Waals surface area (Å²) in [6.07, 6.45) is 0. The van der Waals surface area contributed by atoms with Crippen LogP contribution in [0.15, 0.2) is 46.9 Å². The highest BCUT2D eigenvalue weighted by Gasteiger charge is 2.23. The molecule has 2 N–H and O–H groups in total. The summed E-state index contributed by atoms with van der Waals surface area (Å²) in [7, 11) is 1.53. The molecule has 5 heteroatoms. The number of halogens is 1. The molecule has 4 nitrogen and oxygen atoms in total. The molecule has 0 spiro atoms. The van der Waals surface area contributed by atoms with Crippen molar-refractivity contribution in [1.82, 2.24) is 0 Å². The van der Waals surface area contributed by atoms with E-state index in [1.54, 1.807) is 12.1 Å². The first-order valence-electron chi connectivity index (χ1n) is 6.40. The van der Waals surface area contributed by atoms with Crippen molar-refractivity contribution in [2.75, 3.05) is 12.4 Å². The lowest BCUT2D eigenvalue weighted by atomic mass is 10.1. The third kappa shape index (κ3) is 3.76. The molecule has 0 saturated heterocycles. The van der Waals surface area contributed by atoms with Crippen molar-refractivity contribution in [2.24, 2.45) is 0 Å². The van der Waals surface area contributed by atoms with Crippen molar-refractivity contribution in [3.05, 3.63) is 58.1 Å². The topological polar surface area (TPSA) is 58.6 Å². The van der Waals surface area contributed by atoms with Crippen LogP contribution in [0, 0.1) is 6.92 Å². The number of aryl methyl sites for hydroxylation is 1. The zero-order valence-electron chi connectivity index (χ0n) is 11.8. The molecule has 0 heterocycles. The fraction of sp³-hybridized carbons (Fsp3) is 0.188. The van der Waals surface area contributed by atoms with E-state index >= 15 is 0 Å². The first-order chi connectivity index (χ1) is 10.0. The maximum atomic E-state index is 11.6. The van der Waals surface area contributed by atoms with Gasteiger partial charge in [-0.1, -0.05) is 33.6 Å². The van der Waals surface area contributed by atoms with Gasteiger partial charge in [0.2, 0.25) is 0 Å². The molecule has 0 radical (unpaired) electrons. The van der Waals surface area contributed by atoms with Crippen molar-refractivity contribution >= 4 is 27.6 Å². The van der Waals surface area contributed by atoms with E-state index < -0.39 is 12.0 Å². The first kappa shape index (κ1) is 15.4. The highest BCUT2D eigenvalue weighted by molar-refractivity contribution is 9.10. The van der Waals surface area contributed by atoms with E-state index in [9.17, 15) is 9.90 Å². The Balaban J connectivity index is 2.37. The fourth-order valence-electron chi connectivity index (χ4n) is 2.02. The lowest BCUT2D eigenvalue weighted by Crippen LogP contribution is -2.21. The number of hydrogen-bond donors (Lipinski definition) is 2. The Labute approximate surface area is 131 Å². The Morgan fingerprint density at radius 2 is 1.90 bits per heavy atom. The average Bonchev–Trinajstić information content (AvgIpc) is 2.46. The van der Waals surface area contributed by atoms with Crippen molar-refractivity contribution < 1.29 is 14.6 Å². The van der Waals surface area contributed by atoms with Crippen LogP contribution in [0.25, 0.3) is 0 Å². The number of carboxylic acid groups (broad SMARTS) is 1. The largest absolute Gasteiger partial charge is 0.496 e. The highest BCUT2D eigenvalue weighted by atomic mass is 79.9. The number of nitrogens with one attached hydrogen (secondary N) is 1. The maximum Gasteiger partial charge on any atom is 0.330 e. The SMILES string of the molecule is COc1ccc(Br)cc1C(Nc1ccc(C)cc1)C(=O)O. The van der Waals surface area contributed by atoms with E-state index in [-0.39, 0.29) is 0 Å². The minimum Gasteiger partial charge on any atom is -0.496 e. The van der Waals surface area contributed by atoms with Gasteiger partial charge in [-0.2, -0.15) is 0 Å². The van der Waals surface area contributed by atoms with Gasteiger partial charge in [0, 0.05) is 15.7 Å². The second-order valence-electron chi connectivity index (χ2n) is 4.67. The van der Waals surface area contributed by atoms with Gasteiger partial charge in [0.05, 0.1) is 7.11 Å². The van der Waals surface area contributed by atoms with Gasteiger partial charge in [0.25, 0.3) is 0 Å². The second kappa shape index (κ2) is 6.63. The summed E-state index contributed by atoms with van der Waals surface area (Å²) in [5.74, 6) is -0.433. The van der Waals surface area contributed by atoms with E-state index in [0.29, 0.717) is 11.3 Å². The molecule has 0 amide bonds. The van der Waals surface area contributed by atoms with E-state index in [0.717, 1.165) is 15.7 Å². The fourth-order valence-corrected chi connectivity index (χ4v) is 2.40. The standard InChI is InChI=1S/C16H16BrNO3/c1-10-3-6-12(7-4-10)18-15(16(19)20)13-9-11(17)5-8-14(13)21-2/h3-9,15,18H,1-2H3,(H,19,20). The van der Waals surface area contributed by atoms with Crippen LogP contribution in [0.3, 0.4) is 0 Å². The zero-order chi connectivity index (χ0) is 15.4. The number of carboxylic acids is 1. The van der Waals surface area contributed by atoms with Crippen molar-refractivity contribution in [3.8, 4) is 5.75 Å². The van der Waals surface area contributed by atoms with E-state index in [1.165, 1.54) is 7.11 Å². The number of aliphatic carboxylic acids is 1. The summed E-state index contributed by atoms with van der Waals surface area (Å²) < 4.78 is 6.07. The Hall–Kier alpha value is -2.01. The highest BCUT2D eigenvalue weighted by Crippen LogP contribution is 2.31. The monoisotopic (exact) mass is 349 g/mol. The van der Waals surface area contributed by atoms with Crippen LogP contribution in [-0.2, 0) is 4.79 Å². The predicted molar refractivity (Wildman–Crippen MR) is 85.9 cm³/mol. The van der Waals surface area contributed by atoms with Crippen LogP contribution in [-0.4, -0.2) is 18.2 Å². The second-order valence-corrected chi connectivity index (χ2v) is 5.58. The number of methoxy groups -OCH3 is 1. The van der Waals surface area contributed by atoms with E-state index in [2.05, 4.69) is 21.2 Å². The number of ether oxygens (including phenoxy) is 1. The molecule has 0 bridgehead atoms. The number of benzene rings is 2. The summed E-state index contributed by atoms with van der Waals surface area (Å²) in [5, 5.41) is 12.5. The van der Waals surface area contributed by atoms with Crippen LogP contribution < -0.4 is 10.1 Å². The van der Waals surface area contributed by atoms with Gasteiger partial charge >= 0.3 is 5.97 Å². The summed E-state index contributed by atoms with van der Waals surface area (Å²) >= 11 is 3.36. The minimum atomic E-state index is -0.966. The van der Waals surface area contributed by atoms with Gasteiger partial charge in [-0.05, 0) is 37.3 Å². The lowest BCUT2D eigenvalue weighted by Gasteiger charge is -2.19. The molecule has 0 fully saturated rings. The molecule has 110 valence electrons. The quantitative estimate of drug-likeness (QED) is 0.856. The molecule has 0 aliphatic rings. The minimum absolute atomic E-state index is 0.533. The van der Waals surface area contributed by atoms with Gasteiger partial charge in [0.15, 0.2) is 6.04 Å². The number of hydrogen-bond acceptors (Lipinski definition) is 3. The Kier molecular flexibility index (Phi) is 4.85. The summed E-state index contributed by atoms with van der Waals surface area (Å²) in [4.78, 5) is 11.6. The number of carbonyl (C=O) groups is 1. The summed E-state index contributed by atoms with van der Waals surface area (Å²) in [5.41, 5.74) is 2.43. The van der Waals surface area contributed by atoms with Crippen LogP contribution in [0.5, 0.6) is 5.75 Å². The van der Waals surface area contributed by atoms with Crippen molar-refractivity contribution in [3.63, 3.8) is 0 Å². The smallest absolute Gasteiger partial charge is 0.330 e. The van der Waals surface area contributed by atoms with Crippen LogP contribution in [0.1, 0.15) is 17.2 Å². The molecule has 0 aliphatic heterocycles. The van der Waals surface area contributed by atoms with Gasteiger partial charge in [-0.25, -0.2) is 4.79 Å². The molecule has 2 aromatic rings. The molecule has 0 aliphatic carbocycles. The molecule has 2 aromatic carbocycles. The van der Waals surface area contributed by atoms with Gasteiger partial charge in [0.1, 0.15) is 5.75 Å². The third-order valence-electron chi connectivity index (χ3n) is 3.11. The van der Waals surface area contributed by atoms with E-state index in [4.69, 9.17) is 4.74 Å². The average molecular weight is 350 g/mol. The summed E-state index contributed by atoms with van der Waals surface area (Å²) in [6, 6.07) is 12.0. The zero-order valence-corrected chi connectivity index (χ0v) is 13.3. The Bertz CT molecular complexity index is 640. The first-order valence-corrected chi connectivity index (χ1v) is 7.20.